The lowest BCUT2D eigenvalue weighted by Gasteiger charge is -2.42. The molecule has 0 spiro atoms. The Balaban J connectivity index is 1.21. The highest BCUT2D eigenvalue weighted by atomic mass is 32.1. The first-order valence-corrected chi connectivity index (χ1v) is 24.1. The van der Waals surface area contributed by atoms with Crippen LogP contribution in [0.25, 0.3) is 58.8 Å². The third-order valence-electron chi connectivity index (χ3n) is 14.5. The van der Waals surface area contributed by atoms with Gasteiger partial charge in [-0.1, -0.05) is 139 Å². The van der Waals surface area contributed by atoms with Crippen molar-refractivity contribution in [3.8, 4) is 5.69 Å². The first-order chi connectivity index (χ1) is 31.8. The Hall–Kier alpha value is -7.02. The molecule has 66 heavy (non-hydrogen) atoms. The monoisotopic (exact) mass is 871 g/mol. The van der Waals surface area contributed by atoms with Crippen molar-refractivity contribution in [2.45, 2.75) is 66.2 Å². The SMILES string of the molecule is Cc1ccccc1N(c1ccc2c(c1)N(c1cccc3c1oc1ccccc13)c1cc(C(C)(C)C)cc3c1B2c1cc(C(C)(C)C)cc2c4c5ccccc5sc4n-3c12)c1ccccc1C. The summed E-state index contributed by atoms with van der Waals surface area (Å²) in [5.41, 5.74) is 20.0. The third-order valence-corrected chi connectivity index (χ3v) is 15.7. The van der Waals surface area contributed by atoms with E-state index in [-0.39, 0.29) is 17.5 Å². The van der Waals surface area contributed by atoms with Crippen LogP contribution in [0.4, 0.5) is 34.1 Å². The zero-order valence-corrected chi connectivity index (χ0v) is 39.6. The number of anilines is 6. The smallest absolute Gasteiger partial charge is 0.252 e. The van der Waals surface area contributed by atoms with E-state index in [4.69, 9.17) is 4.42 Å². The molecule has 0 aliphatic carbocycles. The highest BCUT2D eigenvalue weighted by Gasteiger charge is 2.44. The second-order valence-electron chi connectivity index (χ2n) is 20.7. The van der Waals surface area contributed by atoms with E-state index in [1.807, 2.05) is 11.3 Å². The van der Waals surface area contributed by atoms with E-state index < -0.39 is 0 Å². The number of aromatic nitrogens is 1. The van der Waals surface area contributed by atoms with Gasteiger partial charge in [0, 0.05) is 65.8 Å². The normalized spacial score (nSPS) is 13.4. The highest BCUT2D eigenvalue weighted by Crippen LogP contribution is 2.50. The van der Waals surface area contributed by atoms with Gasteiger partial charge in [-0.05, 0) is 124 Å². The molecule has 0 fully saturated rings. The van der Waals surface area contributed by atoms with Gasteiger partial charge in [0.2, 0.25) is 0 Å². The van der Waals surface area contributed by atoms with Crippen molar-refractivity contribution in [2.75, 3.05) is 9.80 Å². The van der Waals surface area contributed by atoms with Gasteiger partial charge in [-0.3, -0.25) is 0 Å². The second kappa shape index (κ2) is 13.8. The molecule has 8 aromatic carbocycles. The van der Waals surface area contributed by atoms with Crippen LogP contribution in [0.3, 0.4) is 0 Å². The number of para-hydroxylation sites is 4. The minimum absolute atomic E-state index is 0.0304. The first-order valence-electron chi connectivity index (χ1n) is 23.3. The minimum atomic E-state index is -0.144. The van der Waals surface area contributed by atoms with Crippen molar-refractivity contribution in [1.82, 2.24) is 4.57 Å². The van der Waals surface area contributed by atoms with Gasteiger partial charge in [0.05, 0.1) is 11.2 Å². The zero-order valence-electron chi connectivity index (χ0n) is 38.7. The molecule has 0 saturated carbocycles. The number of rotatable bonds is 4. The topological polar surface area (TPSA) is 24.6 Å². The number of hydrogen-bond acceptors (Lipinski definition) is 4. The molecular formula is C60H50BN3OS. The van der Waals surface area contributed by atoms with Crippen LogP contribution in [-0.4, -0.2) is 11.3 Å². The van der Waals surface area contributed by atoms with Crippen LogP contribution in [0.5, 0.6) is 0 Å². The molecule has 6 heteroatoms. The Kier molecular flexibility index (Phi) is 8.20. The molecule has 5 heterocycles. The van der Waals surface area contributed by atoms with Gasteiger partial charge < -0.3 is 18.8 Å². The molecule has 0 radical (unpaired) electrons. The average molecular weight is 872 g/mol. The lowest BCUT2D eigenvalue weighted by atomic mass is 9.33. The van der Waals surface area contributed by atoms with Gasteiger partial charge in [0.25, 0.3) is 6.71 Å². The van der Waals surface area contributed by atoms with Crippen LogP contribution in [0, 0.1) is 13.8 Å². The van der Waals surface area contributed by atoms with E-state index in [9.17, 15) is 0 Å². The van der Waals surface area contributed by atoms with Gasteiger partial charge in [-0.15, -0.1) is 11.3 Å². The number of thiophene rings is 1. The molecule has 3 aromatic heterocycles. The van der Waals surface area contributed by atoms with E-state index in [1.54, 1.807) is 0 Å². The van der Waals surface area contributed by atoms with Crippen molar-refractivity contribution < 1.29 is 4.42 Å². The summed E-state index contributed by atoms with van der Waals surface area (Å²) in [5.74, 6) is 0. The maximum absolute atomic E-state index is 6.99. The molecule has 2 aliphatic heterocycles. The number of nitrogens with zero attached hydrogens (tertiary/aromatic N) is 3. The standard InChI is InChI=1S/C60H50BN3OS/c1-35-18-9-13-23-46(35)62(47-24-14-10-19-36(47)2)39-28-29-44-49(34-39)63(48-25-17-22-41-40-20-11-15-26-52(40)65-57(41)48)50-32-38(60(6,7)8)33-51-55(50)61(44)45-31-37(59(3,4)5)30-43-54-42-21-12-16-27-53(42)66-58(54)64(51)56(43)45/h9-34H,1-8H3. The Bertz CT molecular complexity index is 3810. The molecule has 320 valence electrons. The molecule has 0 N–H and O–H groups in total. The number of furan rings is 1. The summed E-state index contributed by atoms with van der Waals surface area (Å²) >= 11 is 1.92. The molecule has 0 unspecified atom stereocenters. The van der Waals surface area contributed by atoms with Crippen molar-refractivity contribution >= 4 is 122 Å². The largest absolute Gasteiger partial charge is 0.454 e. The maximum Gasteiger partial charge on any atom is 0.252 e. The lowest BCUT2D eigenvalue weighted by molar-refractivity contribution is 0.590. The van der Waals surface area contributed by atoms with Gasteiger partial charge in [0.15, 0.2) is 5.58 Å². The molecule has 0 atom stereocenters. The minimum Gasteiger partial charge on any atom is -0.454 e. The predicted molar refractivity (Wildman–Crippen MR) is 284 cm³/mol. The van der Waals surface area contributed by atoms with Crippen LogP contribution < -0.4 is 26.2 Å². The summed E-state index contributed by atoms with van der Waals surface area (Å²) in [6.45, 7) is 18.6. The van der Waals surface area contributed by atoms with E-state index >= 15 is 0 Å². The van der Waals surface area contributed by atoms with Crippen LogP contribution in [0.15, 0.2) is 162 Å². The van der Waals surface area contributed by atoms with E-state index in [0.29, 0.717) is 0 Å². The van der Waals surface area contributed by atoms with Gasteiger partial charge in [0.1, 0.15) is 10.4 Å². The maximum atomic E-state index is 6.99. The van der Waals surface area contributed by atoms with Crippen LogP contribution in [-0.2, 0) is 10.8 Å². The van der Waals surface area contributed by atoms with Crippen molar-refractivity contribution in [1.29, 1.82) is 0 Å². The summed E-state index contributed by atoms with van der Waals surface area (Å²) in [6, 6.07) is 59.1. The molecule has 0 saturated heterocycles. The number of hydrogen-bond donors (Lipinski definition) is 0. The van der Waals surface area contributed by atoms with Crippen molar-refractivity contribution in [2.24, 2.45) is 0 Å². The Morgan fingerprint density at radius 3 is 1.89 bits per heavy atom. The van der Waals surface area contributed by atoms with Crippen molar-refractivity contribution in [3.05, 3.63) is 180 Å². The molecule has 0 bridgehead atoms. The Labute approximate surface area is 390 Å². The molecular weight excluding hydrogens is 822 g/mol. The molecule has 0 amide bonds. The molecule has 2 aliphatic rings. The zero-order chi connectivity index (χ0) is 45.0. The number of benzene rings is 8. The fourth-order valence-corrected chi connectivity index (χ4v) is 12.4. The first kappa shape index (κ1) is 39.4. The summed E-state index contributed by atoms with van der Waals surface area (Å²) in [5, 5.41) is 6.27. The summed E-state index contributed by atoms with van der Waals surface area (Å²) in [4.78, 5) is 6.33. The van der Waals surface area contributed by atoms with E-state index in [1.165, 1.54) is 81.2 Å². The van der Waals surface area contributed by atoms with Gasteiger partial charge >= 0.3 is 0 Å². The average Bonchev–Trinajstić information content (AvgIpc) is 3.98. The van der Waals surface area contributed by atoms with Crippen molar-refractivity contribution in [3.63, 3.8) is 0 Å². The van der Waals surface area contributed by atoms with E-state index in [2.05, 4.69) is 227 Å². The third kappa shape index (κ3) is 5.51. The van der Waals surface area contributed by atoms with Crippen LogP contribution in [0.2, 0.25) is 0 Å². The van der Waals surface area contributed by atoms with Crippen LogP contribution in [0.1, 0.15) is 63.8 Å². The highest BCUT2D eigenvalue weighted by molar-refractivity contribution is 7.26. The van der Waals surface area contributed by atoms with Gasteiger partial charge in [-0.2, -0.15) is 0 Å². The van der Waals surface area contributed by atoms with Crippen LogP contribution >= 0.6 is 11.3 Å². The molecule has 13 rings (SSSR count). The Morgan fingerprint density at radius 2 is 1.17 bits per heavy atom. The number of aryl methyl sites for hydroxylation is 2. The molecule has 4 nitrogen and oxygen atoms in total. The predicted octanol–water partition coefficient (Wildman–Crippen LogP) is 15.2. The fraction of sp³-hybridized carbons (Fsp3) is 0.167. The summed E-state index contributed by atoms with van der Waals surface area (Å²) < 4.78 is 11.0. The quantitative estimate of drug-likeness (QED) is 0.165. The van der Waals surface area contributed by atoms with Gasteiger partial charge in [-0.25, -0.2) is 0 Å². The molecule has 11 aromatic rings. The second-order valence-corrected chi connectivity index (χ2v) is 21.7. The number of fused-ring (bicyclic) bond motifs is 12. The summed E-state index contributed by atoms with van der Waals surface area (Å²) in [7, 11) is 0. The lowest BCUT2D eigenvalue weighted by Crippen LogP contribution is -2.60. The Morgan fingerprint density at radius 1 is 0.530 bits per heavy atom. The summed E-state index contributed by atoms with van der Waals surface area (Å²) in [6.07, 6.45) is 0. The van der Waals surface area contributed by atoms with E-state index in [0.717, 1.165) is 50.4 Å². The fourth-order valence-electron chi connectivity index (χ4n) is 11.2.